The van der Waals surface area contributed by atoms with E-state index in [4.69, 9.17) is 0 Å². The lowest BCUT2D eigenvalue weighted by Gasteiger charge is -2.14. The van der Waals surface area contributed by atoms with E-state index in [1.54, 1.807) is 0 Å². The number of hydrogen-bond acceptors (Lipinski definition) is 3. The molecule has 0 radical (unpaired) electrons. The second kappa shape index (κ2) is 7.42. The van der Waals surface area contributed by atoms with Gasteiger partial charge in [-0.05, 0) is 41.6 Å². The third-order valence-electron chi connectivity index (χ3n) is 3.20. The van der Waals surface area contributed by atoms with Crippen molar-refractivity contribution in [2.24, 2.45) is 5.92 Å². The van der Waals surface area contributed by atoms with Crippen LogP contribution >= 0.6 is 35.0 Å². The van der Waals surface area contributed by atoms with Crippen molar-refractivity contribution in [1.29, 1.82) is 0 Å². The van der Waals surface area contributed by atoms with Crippen molar-refractivity contribution in [2.75, 3.05) is 19.6 Å². The number of aliphatic hydroxyl groups excluding tert-OH is 1. The van der Waals surface area contributed by atoms with E-state index < -0.39 is 0 Å². The Labute approximate surface area is 132 Å². The quantitative estimate of drug-likeness (QED) is 0.676. The summed E-state index contributed by atoms with van der Waals surface area (Å²) in [7, 11) is 0. The number of nitrogens with one attached hydrogen (secondary N) is 2. The minimum atomic E-state index is -0.359. The molecule has 1 fully saturated rings. The molecule has 1 aliphatic rings. The number of aliphatic hydroxyl groups is 1. The van der Waals surface area contributed by atoms with Crippen LogP contribution in [-0.4, -0.2) is 36.8 Å². The molecule has 1 aliphatic heterocycles. The summed E-state index contributed by atoms with van der Waals surface area (Å²) in [6, 6.07) is 5.82. The second-order valence-corrected chi connectivity index (χ2v) is 5.84. The monoisotopic (exact) mass is 396 g/mol. The summed E-state index contributed by atoms with van der Waals surface area (Å²) in [5.74, 6) is 0.0404. The van der Waals surface area contributed by atoms with E-state index in [1.807, 2.05) is 25.1 Å². The van der Waals surface area contributed by atoms with Crippen molar-refractivity contribution in [3.8, 4) is 0 Å². The van der Waals surface area contributed by atoms with Gasteiger partial charge in [0.25, 0.3) is 5.91 Å². The molecule has 2 atom stereocenters. The molecule has 6 heteroatoms. The number of aryl methyl sites for hydroxylation is 1. The second-order valence-electron chi connectivity index (χ2n) is 4.68. The van der Waals surface area contributed by atoms with Crippen molar-refractivity contribution in [3.63, 3.8) is 0 Å². The fourth-order valence-corrected chi connectivity index (χ4v) is 2.64. The normalized spacial score (nSPS) is 21.8. The van der Waals surface area contributed by atoms with Crippen molar-refractivity contribution < 1.29 is 9.90 Å². The van der Waals surface area contributed by atoms with Crippen LogP contribution in [-0.2, 0) is 0 Å². The molecule has 0 aromatic heterocycles. The molecule has 0 bridgehead atoms. The fraction of sp³-hybridized carbons (Fsp3) is 0.462. The number of benzene rings is 1. The standard InChI is InChI=1S/C13H17IN2O2.ClH/c1-8-2-3-11(14)10(4-8)13(18)16-6-9-5-15-7-12(9)17;/h2-4,9,12,15,17H,5-7H2,1H3,(H,16,18);1H. The molecule has 0 aliphatic carbocycles. The van der Waals surface area contributed by atoms with Crippen LogP contribution in [0.2, 0.25) is 0 Å². The SMILES string of the molecule is Cc1ccc(I)c(C(=O)NCC2CNCC2O)c1.Cl. The first-order chi connectivity index (χ1) is 8.58. The molecular weight excluding hydrogens is 379 g/mol. The van der Waals surface area contributed by atoms with Gasteiger partial charge in [-0.25, -0.2) is 0 Å². The first-order valence-electron chi connectivity index (χ1n) is 6.01. The Morgan fingerprint density at radius 3 is 2.89 bits per heavy atom. The predicted octanol–water partition coefficient (Wildman–Crippen LogP) is 1.33. The van der Waals surface area contributed by atoms with Gasteiger partial charge in [-0.1, -0.05) is 11.6 Å². The van der Waals surface area contributed by atoms with Crippen LogP contribution in [0.5, 0.6) is 0 Å². The van der Waals surface area contributed by atoms with E-state index in [0.717, 1.165) is 15.7 Å². The topological polar surface area (TPSA) is 61.4 Å². The Bertz CT molecular complexity index is 456. The van der Waals surface area contributed by atoms with E-state index in [9.17, 15) is 9.90 Å². The van der Waals surface area contributed by atoms with Gasteiger partial charge in [0.2, 0.25) is 0 Å². The molecule has 2 rings (SSSR count). The Kier molecular flexibility index (Phi) is 6.52. The van der Waals surface area contributed by atoms with Gasteiger partial charge in [-0.2, -0.15) is 0 Å². The summed E-state index contributed by atoms with van der Waals surface area (Å²) in [5, 5.41) is 15.7. The smallest absolute Gasteiger partial charge is 0.252 e. The lowest BCUT2D eigenvalue weighted by molar-refractivity contribution is 0.0926. The molecule has 0 saturated carbocycles. The Balaban J connectivity index is 0.00000180. The molecule has 1 saturated heterocycles. The van der Waals surface area contributed by atoms with Crippen LogP contribution < -0.4 is 10.6 Å². The van der Waals surface area contributed by atoms with Gasteiger partial charge in [0.15, 0.2) is 0 Å². The van der Waals surface area contributed by atoms with Gasteiger partial charge in [-0.15, -0.1) is 12.4 Å². The maximum Gasteiger partial charge on any atom is 0.252 e. The number of halogens is 2. The molecule has 3 N–H and O–H groups in total. The fourth-order valence-electron chi connectivity index (χ4n) is 2.06. The summed E-state index contributed by atoms with van der Waals surface area (Å²) >= 11 is 2.16. The molecule has 4 nitrogen and oxygen atoms in total. The number of hydrogen-bond donors (Lipinski definition) is 3. The van der Waals surface area contributed by atoms with Crippen LogP contribution in [0.15, 0.2) is 18.2 Å². The average Bonchev–Trinajstić information content (AvgIpc) is 2.75. The van der Waals surface area contributed by atoms with E-state index in [2.05, 4.69) is 33.2 Å². The first kappa shape index (κ1) is 16.7. The van der Waals surface area contributed by atoms with Gasteiger partial charge in [0.1, 0.15) is 0 Å². The van der Waals surface area contributed by atoms with Gasteiger partial charge in [0, 0.05) is 29.1 Å². The number of amides is 1. The van der Waals surface area contributed by atoms with Crippen LogP contribution in [0, 0.1) is 16.4 Å². The number of carbonyl (C=O) groups excluding carboxylic acids is 1. The van der Waals surface area contributed by atoms with Crippen molar-refractivity contribution in [2.45, 2.75) is 13.0 Å². The van der Waals surface area contributed by atoms with Gasteiger partial charge < -0.3 is 15.7 Å². The molecule has 106 valence electrons. The highest BCUT2D eigenvalue weighted by Gasteiger charge is 2.25. The third kappa shape index (κ3) is 4.30. The van der Waals surface area contributed by atoms with E-state index >= 15 is 0 Å². The molecule has 2 unspecified atom stereocenters. The van der Waals surface area contributed by atoms with Crippen molar-refractivity contribution in [3.05, 3.63) is 32.9 Å². The predicted molar refractivity (Wildman–Crippen MR) is 85.8 cm³/mol. The molecule has 1 aromatic rings. The van der Waals surface area contributed by atoms with Crippen molar-refractivity contribution in [1.82, 2.24) is 10.6 Å². The molecule has 1 heterocycles. The Hall–Kier alpha value is -0.370. The van der Waals surface area contributed by atoms with Gasteiger partial charge in [0.05, 0.1) is 11.7 Å². The first-order valence-corrected chi connectivity index (χ1v) is 7.09. The van der Waals surface area contributed by atoms with Crippen LogP contribution in [0.1, 0.15) is 15.9 Å². The minimum absolute atomic E-state index is 0. The summed E-state index contributed by atoms with van der Waals surface area (Å²) in [4.78, 5) is 12.1. The maximum absolute atomic E-state index is 12.1. The highest BCUT2D eigenvalue weighted by molar-refractivity contribution is 14.1. The zero-order valence-corrected chi connectivity index (χ0v) is 13.6. The average molecular weight is 397 g/mol. The summed E-state index contributed by atoms with van der Waals surface area (Å²) in [5.41, 5.74) is 1.78. The molecular formula is C13H18ClIN2O2. The number of rotatable bonds is 3. The highest BCUT2D eigenvalue weighted by atomic mass is 127. The number of β-amino-alcohol motifs (C(OH)–C–C–N with tert-alkyl or cyclic N) is 1. The molecule has 1 amide bonds. The summed E-state index contributed by atoms with van der Waals surface area (Å²) in [6.07, 6.45) is -0.359. The molecule has 1 aromatic carbocycles. The van der Waals surface area contributed by atoms with Crippen molar-refractivity contribution >= 4 is 40.9 Å². The van der Waals surface area contributed by atoms with E-state index in [-0.39, 0.29) is 30.3 Å². The lowest BCUT2D eigenvalue weighted by atomic mass is 10.1. The largest absolute Gasteiger partial charge is 0.391 e. The van der Waals surface area contributed by atoms with E-state index in [0.29, 0.717) is 18.7 Å². The minimum Gasteiger partial charge on any atom is -0.391 e. The molecule has 19 heavy (non-hydrogen) atoms. The lowest BCUT2D eigenvalue weighted by Crippen LogP contribution is -2.34. The van der Waals surface area contributed by atoms with Gasteiger partial charge in [-0.3, -0.25) is 4.79 Å². The number of carbonyl (C=O) groups is 1. The third-order valence-corrected chi connectivity index (χ3v) is 4.14. The van der Waals surface area contributed by atoms with Crippen LogP contribution in [0.4, 0.5) is 0 Å². The Morgan fingerprint density at radius 1 is 1.53 bits per heavy atom. The maximum atomic E-state index is 12.1. The zero-order valence-electron chi connectivity index (χ0n) is 10.6. The van der Waals surface area contributed by atoms with Crippen LogP contribution in [0.3, 0.4) is 0 Å². The summed E-state index contributed by atoms with van der Waals surface area (Å²) < 4.78 is 0.945. The molecule has 0 spiro atoms. The van der Waals surface area contributed by atoms with E-state index in [1.165, 1.54) is 0 Å². The van der Waals surface area contributed by atoms with Gasteiger partial charge >= 0.3 is 0 Å². The zero-order chi connectivity index (χ0) is 13.1. The van der Waals surface area contributed by atoms with Crippen LogP contribution in [0.25, 0.3) is 0 Å². The highest BCUT2D eigenvalue weighted by Crippen LogP contribution is 2.14. The Morgan fingerprint density at radius 2 is 2.26 bits per heavy atom. The summed E-state index contributed by atoms with van der Waals surface area (Å²) in [6.45, 7) is 3.85.